The number of rotatable bonds is 15. The number of nitrogens with zero attached hydrogens (tertiary/aromatic N) is 2. The van der Waals surface area contributed by atoms with Crippen LogP contribution in [0.2, 0.25) is 0 Å². The van der Waals surface area contributed by atoms with E-state index < -0.39 is 114 Å². The number of likely N-dealkylation sites (N-methyl/N-ethyl adjacent to an activating group) is 1. The van der Waals surface area contributed by atoms with Crippen LogP contribution in [0, 0.1) is 5.92 Å². The number of phenols is 1. The molecule has 0 saturated carbocycles. The molecule has 0 spiro atoms. The summed E-state index contributed by atoms with van der Waals surface area (Å²) in [5.74, 6) is -9.04. The second kappa shape index (κ2) is 25.5. The summed E-state index contributed by atoms with van der Waals surface area (Å²) < 4.78 is 5.88. The smallest absolute Gasteiger partial charge is 0.328 e. The quantitative estimate of drug-likeness (QED) is 0.0997. The van der Waals surface area contributed by atoms with Gasteiger partial charge in [-0.25, -0.2) is 4.79 Å². The van der Waals surface area contributed by atoms with Crippen LogP contribution in [0.15, 0.2) is 84.9 Å². The van der Waals surface area contributed by atoms with Crippen molar-refractivity contribution in [1.29, 1.82) is 0 Å². The number of esters is 1. The standard InChI is InChI=1S/C51H65N7O13/c1-6-13-41(60)52-37(28-43(62)63)46(65)56-44-30(4)71-51(70)38(24-29(2)3)55-47(66)39(26-31-14-9-7-10-15-31)57(5)50(69)40(27-32-16-11-8-12-17-32)58-42(61)23-22-35(49(58)68)53-45(64)36(54-48(44)67)25-33-18-20-34(59)21-19-33/h7-12,14-21,29-30,35-40,42,44,59,61H,6,13,22-28H2,1-5H3,(H,52,60)(H,53,64)(H,54,67)(H,55,66)(H,56,65)(H,62,63). The predicted molar refractivity (Wildman–Crippen MR) is 256 cm³/mol. The molecule has 7 amide bonds. The molecular formula is C51H65N7O13. The molecule has 9 atom stereocenters. The third-order valence-electron chi connectivity index (χ3n) is 12.4. The molecule has 5 rings (SSSR count). The van der Waals surface area contributed by atoms with Gasteiger partial charge in [0.15, 0.2) is 0 Å². The van der Waals surface area contributed by atoms with Crippen LogP contribution in [0.1, 0.15) is 82.9 Å². The minimum Gasteiger partial charge on any atom is -0.508 e. The molecular weight excluding hydrogens is 919 g/mol. The highest BCUT2D eigenvalue weighted by molar-refractivity contribution is 5.99. The van der Waals surface area contributed by atoms with E-state index in [-0.39, 0.29) is 56.6 Å². The van der Waals surface area contributed by atoms with E-state index in [1.54, 1.807) is 81.4 Å². The summed E-state index contributed by atoms with van der Waals surface area (Å²) >= 11 is 0. The number of nitrogens with one attached hydrogen (secondary N) is 5. The summed E-state index contributed by atoms with van der Waals surface area (Å²) in [6.45, 7) is 6.52. The molecule has 2 aliphatic rings. The van der Waals surface area contributed by atoms with Crippen LogP contribution in [0.4, 0.5) is 0 Å². The summed E-state index contributed by atoms with van der Waals surface area (Å²) in [6.07, 6.45) is -4.36. The highest BCUT2D eigenvalue weighted by atomic mass is 16.5. The van der Waals surface area contributed by atoms with Crippen LogP contribution in [0.25, 0.3) is 0 Å². The third kappa shape index (κ3) is 15.3. The van der Waals surface area contributed by atoms with Crippen molar-refractivity contribution in [3.8, 4) is 5.75 Å². The first-order valence-electron chi connectivity index (χ1n) is 23.8. The number of cyclic esters (lactones) is 1. The van der Waals surface area contributed by atoms with Gasteiger partial charge >= 0.3 is 11.9 Å². The van der Waals surface area contributed by atoms with Gasteiger partial charge in [-0.05, 0) is 67.3 Å². The maximum absolute atomic E-state index is 15.1. The lowest BCUT2D eigenvalue weighted by Gasteiger charge is -2.43. The Labute approximate surface area is 412 Å². The summed E-state index contributed by atoms with van der Waals surface area (Å²) in [6, 6.07) is 12.5. The van der Waals surface area contributed by atoms with Gasteiger partial charge in [0, 0.05) is 32.7 Å². The van der Waals surface area contributed by atoms with Gasteiger partial charge in [-0.3, -0.25) is 38.4 Å². The number of aliphatic carboxylic acids is 1. The second-order valence-electron chi connectivity index (χ2n) is 18.4. The zero-order valence-electron chi connectivity index (χ0n) is 40.5. The van der Waals surface area contributed by atoms with Gasteiger partial charge in [-0.1, -0.05) is 93.6 Å². The SMILES string of the molecule is CCCC(=O)NC(CC(=O)O)C(=O)NC1C(=O)NC(Cc2ccc(O)cc2)C(=O)NC2CCC(O)N(C2=O)C(Cc2ccccc2)C(=O)N(C)C(Cc2ccccc2)C(=O)NC(CC(C)C)C(=O)OC1C. The molecule has 382 valence electrons. The van der Waals surface area contributed by atoms with E-state index in [0.717, 1.165) is 4.90 Å². The topological polar surface area (TPSA) is 290 Å². The molecule has 2 bridgehead atoms. The van der Waals surface area contributed by atoms with Crippen LogP contribution in [0.5, 0.6) is 5.75 Å². The zero-order chi connectivity index (χ0) is 51.9. The number of phenolic OH excluding ortho intramolecular Hbond substituents is 1. The van der Waals surface area contributed by atoms with E-state index in [4.69, 9.17) is 4.74 Å². The molecule has 2 saturated heterocycles. The summed E-state index contributed by atoms with van der Waals surface area (Å²) in [4.78, 5) is 129. The van der Waals surface area contributed by atoms with E-state index in [0.29, 0.717) is 23.1 Å². The van der Waals surface area contributed by atoms with Gasteiger partial charge in [-0.15, -0.1) is 0 Å². The molecule has 3 aromatic carbocycles. The Hall–Kier alpha value is -7.35. The lowest BCUT2D eigenvalue weighted by atomic mass is 9.95. The number of hydrogen-bond acceptors (Lipinski definition) is 12. The lowest BCUT2D eigenvalue weighted by molar-refractivity contribution is -0.165. The molecule has 2 aliphatic heterocycles. The first-order valence-corrected chi connectivity index (χ1v) is 23.8. The van der Waals surface area contributed by atoms with Crippen molar-refractivity contribution in [3.63, 3.8) is 0 Å². The molecule has 0 aromatic heterocycles. The molecule has 2 fully saturated rings. The predicted octanol–water partition coefficient (Wildman–Crippen LogP) is 1.25. The summed E-state index contributed by atoms with van der Waals surface area (Å²) in [5.41, 5.74) is 1.66. The number of carbonyl (C=O) groups is 9. The zero-order valence-corrected chi connectivity index (χ0v) is 40.5. The van der Waals surface area contributed by atoms with Crippen molar-refractivity contribution in [2.45, 2.75) is 140 Å². The van der Waals surface area contributed by atoms with Gasteiger partial charge in [0.2, 0.25) is 41.4 Å². The van der Waals surface area contributed by atoms with Crippen molar-refractivity contribution in [2.75, 3.05) is 7.05 Å². The van der Waals surface area contributed by atoms with Gasteiger partial charge in [-0.2, -0.15) is 0 Å². The average molecular weight is 984 g/mol. The van der Waals surface area contributed by atoms with Crippen molar-refractivity contribution < 1.29 is 63.2 Å². The number of fused-ring (bicyclic) bond motifs is 2. The van der Waals surface area contributed by atoms with Crippen molar-refractivity contribution in [2.24, 2.45) is 5.92 Å². The fraction of sp³-hybridized carbons (Fsp3) is 0.471. The van der Waals surface area contributed by atoms with Crippen LogP contribution in [0.3, 0.4) is 0 Å². The van der Waals surface area contributed by atoms with Crippen LogP contribution in [-0.2, 0) is 67.2 Å². The van der Waals surface area contributed by atoms with E-state index in [2.05, 4.69) is 26.6 Å². The Balaban J connectivity index is 1.65. The third-order valence-corrected chi connectivity index (χ3v) is 12.4. The first-order chi connectivity index (χ1) is 33.8. The average Bonchev–Trinajstić information content (AvgIpc) is 3.32. The van der Waals surface area contributed by atoms with Crippen molar-refractivity contribution >= 4 is 53.3 Å². The molecule has 0 radical (unpaired) electrons. The Kier molecular flexibility index (Phi) is 19.6. The maximum atomic E-state index is 15.1. The summed E-state index contributed by atoms with van der Waals surface area (Å²) in [5, 5.41) is 44.1. The van der Waals surface area contributed by atoms with Crippen molar-refractivity contribution in [3.05, 3.63) is 102 Å². The number of carbonyl (C=O) groups excluding carboxylic acids is 8. The monoisotopic (exact) mass is 983 g/mol. The number of aromatic hydroxyl groups is 1. The van der Waals surface area contributed by atoms with Gasteiger partial charge in [0.25, 0.3) is 0 Å². The number of carboxylic acid groups (broad SMARTS) is 1. The molecule has 20 nitrogen and oxygen atoms in total. The van der Waals surface area contributed by atoms with E-state index in [9.17, 15) is 53.7 Å². The molecule has 0 aliphatic carbocycles. The van der Waals surface area contributed by atoms with Gasteiger partial charge < -0.3 is 56.4 Å². The molecule has 9 unspecified atom stereocenters. The largest absolute Gasteiger partial charge is 0.508 e. The Morgan fingerprint density at radius 3 is 1.90 bits per heavy atom. The minimum absolute atomic E-state index is 0.0122. The fourth-order valence-electron chi connectivity index (χ4n) is 8.60. The number of ether oxygens (including phenoxy) is 1. The highest BCUT2D eigenvalue weighted by Crippen LogP contribution is 2.25. The van der Waals surface area contributed by atoms with Gasteiger partial charge in [0.05, 0.1) is 6.42 Å². The molecule has 20 heteroatoms. The molecule has 3 aromatic rings. The van der Waals surface area contributed by atoms with E-state index >= 15 is 4.79 Å². The molecule has 2 heterocycles. The second-order valence-corrected chi connectivity index (χ2v) is 18.4. The number of piperidine rings is 1. The molecule has 71 heavy (non-hydrogen) atoms. The fourth-order valence-corrected chi connectivity index (χ4v) is 8.60. The maximum Gasteiger partial charge on any atom is 0.328 e. The molecule has 8 N–H and O–H groups in total. The van der Waals surface area contributed by atoms with Gasteiger partial charge in [0.1, 0.15) is 60.4 Å². The first kappa shape index (κ1) is 54.6. The number of carboxylic acids is 1. The van der Waals surface area contributed by atoms with Crippen molar-refractivity contribution in [1.82, 2.24) is 36.4 Å². The highest BCUT2D eigenvalue weighted by Gasteiger charge is 2.46. The number of aliphatic hydroxyl groups excluding tert-OH is 1. The van der Waals surface area contributed by atoms with E-state index in [1.807, 2.05) is 0 Å². The lowest BCUT2D eigenvalue weighted by Crippen LogP contribution is -2.65. The summed E-state index contributed by atoms with van der Waals surface area (Å²) in [7, 11) is 1.38. The number of benzene rings is 3. The Bertz CT molecular complexity index is 2370. The van der Waals surface area contributed by atoms with Crippen LogP contribution < -0.4 is 26.6 Å². The number of amides is 7. The van der Waals surface area contributed by atoms with E-state index in [1.165, 1.54) is 43.1 Å². The Morgan fingerprint density at radius 1 is 0.746 bits per heavy atom. The number of hydrogen-bond donors (Lipinski definition) is 8. The van der Waals surface area contributed by atoms with Crippen LogP contribution in [-0.4, -0.2) is 140 Å². The Morgan fingerprint density at radius 2 is 1.32 bits per heavy atom. The number of aliphatic hydroxyl groups is 1. The normalized spacial score (nSPS) is 24.3. The minimum atomic E-state index is -1.88. The van der Waals surface area contributed by atoms with Crippen LogP contribution >= 0.6 is 0 Å².